The van der Waals surface area contributed by atoms with Crippen LogP contribution >= 0.6 is 23.1 Å². The average Bonchev–Trinajstić information content (AvgIpc) is 2.92. The van der Waals surface area contributed by atoms with Crippen molar-refractivity contribution in [3.63, 3.8) is 0 Å². The van der Waals surface area contributed by atoms with Crippen LogP contribution in [0.2, 0.25) is 0 Å². The Labute approximate surface area is 122 Å². The number of carbonyl (C=O) groups is 1. The maximum absolute atomic E-state index is 12.1. The second kappa shape index (κ2) is 6.78. The summed E-state index contributed by atoms with van der Waals surface area (Å²) in [5.74, 6) is 0.163. The average molecular weight is 291 g/mol. The number of amides is 1. The van der Waals surface area contributed by atoms with Gasteiger partial charge in [-0.2, -0.15) is 0 Å². The Morgan fingerprint density at radius 2 is 2.00 bits per heavy atom. The number of carbonyl (C=O) groups excluding carboxylic acids is 1. The fourth-order valence-electron chi connectivity index (χ4n) is 1.79. The molecule has 0 saturated heterocycles. The molecule has 0 aliphatic rings. The van der Waals surface area contributed by atoms with E-state index in [1.165, 1.54) is 10.5 Å². The molecule has 0 bridgehead atoms. The Bertz CT molecular complexity index is 520. The Kier molecular flexibility index (Phi) is 5.05. The van der Waals surface area contributed by atoms with E-state index in [0.717, 1.165) is 4.88 Å². The van der Waals surface area contributed by atoms with Crippen LogP contribution in [-0.4, -0.2) is 24.1 Å². The summed E-state index contributed by atoms with van der Waals surface area (Å²) >= 11 is 3.36. The highest BCUT2D eigenvalue weighted by Crippen LogP contribution is 2.16. The fourth-order valence-corrected chi connectivity index (χ4v) is 2.89. The molecular formula is C15H17NOS2. The van der Waals surface area contributed by atoms with Gasteiger partial charge in [0.15, 0.2) is 0 Å². The van der Waals surface area contributed by atoms with Crippen molar-refractivity contribution in [2.24, 2.45) is 0 Å². The van der Waals surface area contributed by atoms with Crippen molar-refractivity contribution < 1.29 is 4.79 Å². The predicted molar refractivity (Wildman–Crippen MR) is 82.7 cm³/mol. The first kappa shape index (κ1) is 14.2. The van der Waals surface area contributed by atoms with Crippen LogP contribution in [0.25, 0.3) is 0 Å². The first-order valence-electron chi connectivity index (χ1n) is 6.08. The van der Waals surface area contributed by atoms with Crippen molar-refractivity contribution in [1.82, 2.24) is 4.90 Å². The Morgan fingerprint density at radius 1 is 1.26 bits per heavy atom. The summed E-state index contributed by atoms with van der Waals surface area (Å²) in [6.07, 6.45) is 2.56. The van der Waals surface area contributed by atoms with Gasteiger partial charge in [0, 0.05) is 23.4 Å². The number of likely N-dealkylation sites (N-methyl/N-ethyl adjacent to an activating group) is 1. The van der Waals surface area contributed by atoms with Crippen LogP contribution in [0.15, 0.2) is 46.7 Å². The molecular weight excluding hydrogens is 274 g/mol. The molecule has 2 aromatic rings. The minimum absolute atomic E-state index is 0.163. The SMILES string of the molecule is CSc1ccc(CN(C)C(=O)Cc2cccs2)cc1. The molecule has 0 unspecified atom stereocenters. The molecule has 0 atom stereocenters. The highest BCUT2D eigenvalue weighted by atomic mass is 32.2. The Hall–Kier alpha value is -1.26. The van der Waals surface area contributed by atoms with Gasteiger partial charge in [0.05, 0.1) is 6.42 Å². The third kappa shape index (κ3) is 4.11. The highest BCUT2D eigenvalue weighted by Gasteiger charge is 2.10. The van der Waals surface area contributed by atoms with Gasteiger partial charge in [0.2, 0.25) is 5.91 Å². The van der Waals surface area contributed by atoms with Gasteiger partial charge < -0.3 is 4.90 Å². The second-order valence-corrected chi connectivity index (χ2v) is 6.27. The van der Waals surface area contributed by atoms with E-state index in [0.29, 0.717) is 13.0 Å². The summed E-state index contributed by atoms with van der Waals surface area (Å²) in [4.78, 5) is 16.2. The summed E-state index contributed by atoms with van der Waals surface area (Å²) in [7, 11) is 1.86. The lowest BCUT2D eigenvalue weighted by molar-refractivity contribution is -0.129. The van der Waals surface area contributed by atoms with Crippen LogP contribution in [0.1, 0.15) is 10.4 Å². The van der Waals surface area contributed by atoms with Gasteiger partial charge in [0.1, 0.15) is 0 Å². The number of hydrogen-bond acceptors (Lipinski definition) is 3. The van der Waals surface area contributed by atoms with Crippen LogP contribution in [0.4, 0.5) is 0 Å². The maximum atomic E-state index is 12.1. The lowest BCUT2D eigenvalue weighted by Gasteiger charge is -2.17. The minimum Gasteiger partial charge on any atom is -0.341 e. The molecule has 0 fully saturated rings. The molecule has 1 heterocycles. The van der Waals surface area contributed by atoms with E-state index in [1.807, 2.05) is 24.6 Å². The van der Waals surface area contributed by atoms with Gasteiger partial charge in [-0.1, -0.05) is 18.2 Å². The summed E-state index contributed by atoms with van der Waals surface area (Å²) < 4.78 is 0. The molecule has 100 valence electrons. The molecule has 0 saturated carbocycles. The highest BCUT2D eigenvalue weighted by molar-refractivity contribution is 7.98. The number of nitrogens with zero attached hydrogens (tertiary/aromatic N) is 1. The van der Waals surface area contributed by atoms with Crippen molar-refractivity contribution in [3.05, 3.63) is 52.2 Å². The van der Waals surface area contributed by atoms with Crippen LogP contribution in [0, 0.1) is 0 Å². The molecule has 0 spiro atoms. The first-order chi connectivity index (χ1) is 9.19. The van der Waals surface area contributed by atoms with Crippen LogP contribution < -0.4 is 0 Å². The molecule has 0 N–H and O–H groups in total. The molecule has 2 rings (SSSR count). The molecule has 0 aliphatic heterocycles. The number of rotatable bonds is 5. The number of thiophene rings is 1. The van der Waals surface area contributed by atoms with Crippen molar-refractivity contribution >= 4 is 29.0 Å². The lowest BCUT2D eigenvalue weighted by Crippen LogP contribution is -2.27. The van der Waals surface area contributed by atoms with Crippen LogP contribution in [0.5, 0.6) is 0 Å². The summed E-state index contributed by atoms with van der Waals surface area (Å²) in [6, 6.07) is 12.3. The summed E-state index contributed by atoms with van der Waals surface area (Å²) in [6.45, 7) is 0.666. The Morgan fingerprint density at radius 3 is 2.58 bits per heavy atom. The largest absolute Gasteiger partial charge is 0.341 e. The second-order valence-electron chi connectivity index (χ2n) is 4.35. The quantitative estimate of drug-likeness (QED) is 0.783. The van der Waals surface area contributed by atoms with Crippen LogP contribution in [0.3, 0.4) is 0 Å². The lowest BCUT2D eigenvalue weighted by atomic mass is 10.2. The zero-order valence-corrected chi connectivity index (χ0v) is 12.8. The van der Waals surface area contributed by atoms with E-state index >= 15 is 0 Å². The molecule has 0 radical (unpaired) electrons. The number of benzene rings is 1. The zero-order valence-electron chi connectivity index (χ0n) is 11.1. The van der Waals surface area contributed by atoms with E-state index in [4.69, 9.17) is 0 Å². The molecule has 4 heteroatoms. The Balaban J connectivity index is 1.92. The van der Waals surface area contributed by atoms with Gasteiger partial charge in [-0.25, -0.2) is 0 Å². The van der Waals surface area contributed by atoms with Crippen LogP contribution in [-0.2, 0) is 17.8 Å². The minimum atomic E-state index is 0.163. The van der Waals surface area contributed by atoms with Crippen molar-refractivity contribution in [2.45, 2.75) is 17.9 Å². The topological polar surface area (TPSA) is 20.3 Å². The standard InChI is InChI=1S/C15H17NOS2/c1-16(15(17)10-14-4-3-9-19-14)11-12-5-7-13(18-2)8-6-12/h3-9H,10-11H2,1-2H3. The molecule has 1 aromatic heterocycles. The maximum Gasteiger partial charge on any atom is 0.227 e. The zero-order chi connectivity index (χ0) is 13.7. The van der Waals surface area contributed by atoms with Gasteiger partial charge in [0.25, 0.3) is 0 Å². The monoisotopic (exact) mass is 291 g/mol. The van der Waals surface area contributed by atoms with Crippen molar-refractivity contribution in [1.29, 1.82) is 0 Å². The van der Waals surface area contributed by atoms with Gasteiger partial charge in [-0.05, 0) is 35.4 Å². The van der Waals surface area contributed by atoms with E-state index in [2.05, 4.69) is 30.5 Å². The van der Waals surface area contributed by atoms with E-state index < -0.39 is 0 Å². The summed E-state index contributed by atoms with van der Waals surface area (Å²) in [5.41, 5.74) is 1.17. The molecule has 19 heavy (non-hydrogen) atoms. The smallest absolute Gasteiger partial charge is 0.227 e. The van der Waals surface area contributed by atoms with Gasteiger partial charge >= 0.3 is 0 Å². The third-order valence-electron chi connectivity index (χ3n) is 2.91. The van der Waals surface area contributed by atoms with Crippen molar-refractivity contribution in [2.75, 3.05) is 13.3 Å². The third-order valence-corrected chi connectivity index (χ3v) is 4.53. The fraction of sp³-hybridized carbons (Fsp3) is 0.267. The molecule has 0 aliphatic carbocycles. The first-order valence-corrected chi connectivity index (χ1v) is 8.19. The number of hydrogen-bond donors (Lipinski definition) is 0. The normalized spacial score (nSPS) is 10.4. The van der Waals surface area contributed by atoms with Crippen molar-refractivity contribution in [3.8, 4) is 0 Å². The number of thioether (sulfide) groups is 1. The van der Waals surface area contributed by atoms with Gasteiger partial charge in [-0.3, -0.25) is 4.79 Å². The molecule has 1 amide bonds. The molecule has 2 nitrogen and oxygen atoms in total. The molecule has 1 aromatic carbocycles. The van der Waals surface area contributed by atoms with E-state index in [-0.39, 0.29) is 5.91 Å². The predicted octanol–water partition coefficient (Wildman–Crippen LogP) is 3.67. The van der Waals surface area contributed by atoms with Gasteiger partial charge in [-0.15, -0.1) is 23.1 Å². The van der Waals surface area contributed by atoms with E-state index in [1.54, 1.807) is 28.0 Å². The summed E-state index contributed by atoms with van der Waals surface area (Å²) in [5, 5.41) is 2.00. The van der Waals surface area contributed by atoms with E-state index in [9.17, 15) is 4.79 Å².